The van der Waals surface area contributed by atoms with E-state index in [1.165, 1.54) is 11.3 Å². The molecule has 0 saturated heterocycles. The Hall–Kier alpha value is -2.74. The van der Waals surface area contributed by atoms with E-state index in [1.807, 2.05) is 0 Å². The minimum Gasteiger partial charge on any atom is -0.497 e. The summed E-state index contributed by atoms with van der Waals surface area (Å²) in [4.78, 5) is 15.1. The van der Waals surface area contributed by atoms with Gasteiger partial charge in [0.2, 0.25) is 15.9 Å². The smallest absolute Gasteiger partial charge is 0.243 e. The van der Waals surface area contributed by atoms with E-state index in [0.29, 0.717) is 18.0 Å². The molecule has 2 aromatic rings. The van der Waals surface area contributed by atoms with Crippen LogP contribution in [0.2, 0.25) is 0 Å². The number of para-hydroxylation sites is 1. The number of hydrogen-bond acceptors (Lipinski definition) is 5. The number of nitrogens with one attached hydrogen (secondary N) is 1. The van der Waals surface area contributed by atoms with Gasteiger partial charge in [0, 0.05) is 25.3 Å². The second-order valence-corrected chi connectivity index (χ2v) is 9.66. The van der Waals surface area contributed by atoms with E-state index in [9.17, 15) is 13.2 Å². The van der Waals surface area contributed by atoms with E-state index in [0.717, 1.165) is 42.9 Å². The van der Waals surface area contributed by atoms with Gasteiger partial charge in [-0.05, 0) is 62.1 Å². The molecule has 1 aliphatic heterocycles. The van der Waals surface area contributed by atoms with Crippen molar-refractivity contribution in [3.05, 3.63) is 54.1 Å². The van der Waals surface area contributed by atoms with Gasteiger partial charge >= 0.3 is 0 Å². The van der Waals surface area contributed by atoms with Crippen LogP contribution in [0.3, 0.4) is 0 Å². The number of hydrogen-bond donors (Lipinski definition) is 1. The fraction of sp³-hybridized carbons (Fsp3) is 0.435. The van der Waals surface area contributed by atoms with Crippen LogP contribution >= 0.6 is 0 Å². The summed E-state index contributed by atoms with van der Waals surface area (Å²) in [7, 11) is -2.10. The van der Waals surface area contributed by atoms with Crippen LogP contribution in [-0.2, 0) is 21.2 Å². The summed E-state index contributed by atoms with van der Waals surface area (Å²) in [6, 6.07) is 14.2. The first-order valence-electron chi connectivity index (χ1n) is 10.6. The highest BCUT2D eigenvalue weighted by Crippen LogP contribution is 2.26. The van der Waals surface area contributed by atoms with Crippen LogP contribution < -0.4 is 19.3 Å². The van der Waals surface area contributed by atoms with Crippen LogP contribution in [0.1, 0.15) is 25.3 Å². The monoisotopic (exact) mass is 445 g/mol. The summed E-state index contributed by atoms with van der Waals surface area (Å²) in [6.45, 7) is 3.95. The average molecular weight is 446 g/mol. The lowest BCUT2D eigenvalue weighted by molar-refractivity contribution is -0.121. The summed E-state index contributed by atoms with van der Waals surface area (Å²) in [5.74, 6) is 0.300. The predicted molar refractivity (Wildman–Crippen MR) is 124 cm³/mol. The van der Waals surface area contributed by atoms with Crippen molar-refractivity contribution in [2.45, 2.75) is 32.2 Å². The minimum atomic E-state index is -3.64. The number of ether oxygens (including phenoxy) is 1. The van der Waals surface area contributed by atoms with Gasteiger partial charge in [-0.15, -0.1) is 0 Å². The largest absolute Gasteiger partial charge is 0.497 e. The molecule has 0 unspecified atom stereocenters. The highest BCUT2D eigenvalue weighted by Gasteiger charge is 2.29. The molecule has 3 rings (SSSR count). The van der Waals surface area contributed by atoms with E-state index in [-0.39, 0.29) is 5.91 Å². The summed E-state index contributed by atoms with van der Waals surface area (Å²) in [6.07, 6.45) is 4.13. The second-order valence-electron chi connectivity index (χ2n) is 7.80. The van der Waals surface area contributed by atoms with Crippen molar-refractivity contribution in [2.24, 2.45) is 0 Å². The van der Waals surface area contributed by atoms with Crippen molar-refractivity contribution >= 4 is 27.3 Å². The number of benzene rings is 2. The number of anilines is 2. The van der Waals surface area contributed by atoms with Crippen LogP contribution in [0, 0.1) is 0 Å². The molecule has 0 spiro atoms. The molecular formula is C23H31N3O4S. The maximum atomic E-state index is 12.7. The zero-order chi connectivity index (χ0) is 22.4. The molecule has 0 saturated carbocycles. The van der Waals surface area contributed by atoms with E-state index < -0.39 is 16.1 Å². The van der Waals surface area contributed by atoms with Gasteiger partial charge in [0.1, 0.15) is 11.8 Å². The highest BCUT2D eigenvalue weighted by molar-refractivity contribution is 7.92. The maximum absolute atomic E-state index is 12.7. The number of carbonyl (C=O) groups is 1. The molecule has 8 heteroatoms. The van der Waals surface area contributed by atoms with Crippen LogP contribution in [0.5, 0.6) is 5.75 Å². The van der Waals surface area contributed by atoms with E-state index in [2.05, 4.69) is 34.5 Å². The molecule has 1 aliphatic rings. The lowest BCUT2D eigenvalue weighted by atomic mass is 10.0. The molecular weight excluding hydrogens is 414 g/mol. The van der Waals surface area contributed by atoms with Gasteiger partial charge in [0.25, 0.3) is 0 Å². The molecule has 0 aliphatic carbocycles. The summed E-state index contributed by atoms with van der Waals surface area (Å²) in [5, 5.41) is 2.89. The molecule has 0 bridgehead atoms. The first-order valence-corrected chi connectivity index (χ1v) is 12.4. The first-order chi connectivity index (χ1) is 14.8. The number of rotatable bonds is 9. The SMILES string of the molecule is COc1ccc(N([C@H](C)C(=O)NCCCN2CCCc3ccccc32)S(C)(=O)=O)cc1. The molecule has 0 aromatic heterocycles. The number of fused-ring (bicyclic) bond motifs is 1. The summed E-state index contributed by atoms with van der Waals surface area (Å²) < 4.78 is 31.1. The Balaban J connectivity index is 1.57. The fourth-order valence-electron chi connectivity index (χ4n) is 4.01. The molecule has 1 amide bonds. The Morgan fingerprint density at radius 3 is 2.58 bits per heavy atom. The normalized spacial score (nSPS) is 14.5. The zero-order valence-electron chi connectivity index (χ0n) is 18.4. The quantitative estimate of drug-likeness (QED) is 0.601. The standard InChI is InChI=1S/C23H31N3O4S/c1-18(26(31(3,28)29)20-11-13-21(30-2)14-12-20)23(27)24-15-7-17-25-16-6-9-19-8-4-5-10-22(19)25/h4-5,8,10-14,18H,6-7,9,15-17H2,1-3H3,(H,24,27)/t18-/m1/s1. The van der Waals surface area contributed by atoms with Crippen molar-refractivity contribution in [2.75, 3.05) is 42.2 Å². The maximum Gasteiger partial charge on any atom is 0.243 e. The van der Waals surface area contributed by atoms with Gasteiger partial charge in [-0.3, -0.25) is 9.10 Å². The third-order valence-corrected chi connectivity index (χ3v) is 6.77. The highest BCUT2D eigenvalue weighted by atomic mass is 32.2. The molecule has 2 aromatic carbocycles. The van der Waals surface area contributed by atoms with Crippen molar-refractivity contribution < 1.29 is 17.9 Å². The number of aryl methyl sites for hydroxylation is 1. The van der Waals surface area contributed by atoms with E-state index in [4.69, 9.17) is 4.74 Å². The van der Waals surface area contributed by atoms with Crippen LogP contribution in [0.15, 0.2) is 48.5 Å². The van der Waals surface area contributed by atoms with Crippen LogP contribution in [-0.4, -0.2) is 53.4 Å². The fourth-order valence-corrected chi connectivity index (χ4v) is 5.19. The van der Waals surface area contributed by atoms with Crippen molar-refractivity contribution in [3.8, 4) is 5.75 Å². The zero-order valence-corrected chi connectivity index (χ0v) is 19.2. The third kappa shape index (κ3) is 5.70. The van der Waals surface area contributed by atoms with Crippen LogP contribution in [0.4, 0.5) is 11.4 Å². The van der Waals surface area contributed by atoms with Crippen molar-refractivity contribution in [1.82, 2.24) is 5.32 Å². The molecule has 31 heavy (non-hydrogen) atoms. The predicted octanol–water partition coefficient (Wildman–Crippen LogP) is 2.81. The van der Waals surface area contributed by atoms with Gasteiger partial charge in [0.05, 0.1) is 19.1 Å². The molecule has 168 valence electrons. The number of sulfonamides is 1. The van der Waals surface area contributed by atoms with E-state index in [1.54, 1.807) is 38.3 Å². The van der Waals surface area contributed by atoms with Crippen LogP contribution in [0.25, 0.3) is 0 Å². The number of carbonyl (C=O) groups excluding carboxylic acids is 1. The number of methoxy groups -OCH3 is 1. The molecule has 0 radical (unpaired) electrons. The Kier molecular flexibility index (Phi) is 7.43. The topological polar surface area (TPSA) is 79.0 Å². The lowest BCUT2D eigenvalue weighted by Crippen LogP contribution is -2.48. The molecule has 1 N–H and O–H groups in total. The van der Waals surface area contributed by atoms with Gasteiger partial charge in [-0.25, -0.2) is 8.42 Å². The molecule has 0 fully saturated rings. The molecule has 1 heterocycles. The Labute approximate surface area is 185 Å². The Morgan fingerprint density at radius 1 is 1.19 bits per heavy atom. The number of nitrogens with zero attached hydrogens (tertiary/aromatic N) is 2. The lowest BCUT2D eigenvalue weighted by Gasteiger charge is -2.31. The third-order valence-electron chi connectivity index (χ3n) is 5.53. The summed E-state index contributed by atoms with van der Waals surface area (Å²) in [5.41, 5.74) is 3.07. The molecule has 1 atom stereocenters. The molecule has 7 nitrogen and oxygen atoms in total. The van der Waals surface area contributed by atoms with E-state index >= 15 is 0 Å². The average Bonchev–Trinajstić information content (AvgIpc) is 2.76. The minimum absolute atomic E-state index is 0.319. The van der Waals surface area contributed by atoms with Gasteiger partial charge in [-0.2, -0.15) is 0 Å². The summed E-state index contributed by atoms with van der Waals surface area (Å²) >= 11 is 0. The number of amides is 1. The first kappa shape index (κ1) is 22.9. The van der Waals surface area contributed by atoms with Gasteiger partial charge in [-0.1, -0.05) is 18.2 Å². The van der Waals surface area contributed by atoms with Crippen molar-refractivity contribution in [3.63, 3.8) is 0 Å². The Morgan fingerprint density at radius 2 is 1.90 bits per heavy atom. The van der Waals surface area contributed by atoms with Crippen molar-refractivity contribution in [1.29, 1.82) is 0 Å². The van der Waals surface area contributed by atoms with Gasteiger partial charge in [0.15, 0.2) is 0 Å². The Bertz CT molecular complexity index is 992. The van der Waals surface area contributed by atoms with Gasteiger partial charge < -0.3 is 15.0 Å². The second kappa shape index (κ2) is 10.0.